The SMILES string of the molecule is NC(CS)C(=O)OCc1ccc(Br)cc1. The summed E-state index contributed by atoms with van der Waals surface area (Å²) in [4.78, 5) is 11.2. The molecule has 0 aliphatic carbocycles. The van der Waals surface area contributed by atoms with E-state index in [0.717, 1.165) is 10.0 Å². The van der Waals surface area contributed by atoms with Gasteiger partial charge < -0.3 is 10.5 Å². The highest BCUT2D eigenvalue weighted by atomic mass is 79.9. The number of carbonyl (C=O) groups is 1. The standard InChI is InChI=1S/C10H12BrNO2S/c11-8-3-1-7(2-4-8)5-14-10(13)9(12)6-15/h1-4,9,15H,5-6,12H2. The minimum absolute atomic E-state index is 0.244. The second-order valence-electron chi connectivity index (χ2n) is 3.02. The molecular formula is C10H12BrNO2S. The maximum atomic E-state index is 11.2. The minimum atomic E-state index is -0.649. The maximum absolute atomic E-state index is 11.2. The molecule has 1 aromatic rings. The average molecular weight is 290 g/mol. The zero-order chi connectivity index (χ0) is 11.3. The molecule has 0 amide bonds. The number of halogens is 1. The molecule has 0 heterocycles. The average Bonchev–Trinajstić information content (AvgIpc) is 2.26. The topological polar surface area (TPSA) is 52.3 Å². The Morgan fingerprint density at radius 3 is 2.60 bits per heavy atom. The van der Waals surface area contributed by atoms with Crippen LogP contribution in [-0.2, 0) is 16.1 Å². The van der Waals surface area contributed by atoms with E-state index in [4.69, 9.17) is 10.5 Å². The molecule has 0 saturated heterocycles. The number of hydrogen-bond acceptors (Lipinski definition) is 4. The Morgan fingerprint density at radius 2 is 2.07 bits per heavy atom. The normalized spacial score (nSPS) is 12.2. The first kappa shape index (κ1) is 12.5. The van der Waals surface area contributed by atoms with Gasteiger partial charge in [-0.15, -0.1) is 0 Å². The molecule has 0 aromatic heterocycles. The highest BCUT2D eigenvalue weighted by Gasteiger charge is 2.12. The first-order valence-electron chi connectivity index (χ1n) is 4.41. The summed E-state index contributed by atoms with van der Waals surface area (Å²) in [6, 6.07) is 6.89. The van der Waals surface area contributed by atoms with Crippen molar-refractivity contribution in [2.24, 2.45) is 5.73 Å². The van der Waals surface area contributed by atoms with Crippen LogP contribution in [0.15, 0.2) is 28.7 Å². The molecule has 2 N–H and O–H groups in total. The van der Waals surface area contributed by atoms with Crippen LogP contribution in [0.25, 0.3) is 0 Å². The predicted octanol–water partition coefficient (Wildman–Crippen LogP) is 1.75. The summed E-state index contributed by atoms with van der Waals surface area (Å²) in [7, 11) is 0. The Kier molecular flexibility index (Phi) is 5.14. The first-order valence-corrected chi connectivity index (χ1v) is 5.83. The zero-order valence-corrected chi connectivity index (χ0v) is 10.5. The molecule has 0 saturated carbocycles. The number of nitrogens with two attached hydrogens (primary N) is 1. The molecule has 0 radical (unpaired) electrons. The third-order valence-electron chi connectivity index (χ3n) is 1.79. The number of rotatable bonds is 4. The Labute approximate surface area is 103 Å². The van der Waals surface area contributed by atoms with Crippen LogP contribution >= 0.6 is 28.6 Å². The van der Waals surface area contributed by atoms with Crippen LogP contribution in [0.2, 0.25) is 0 Å². The number of hydrogen-bond donors (Lipinski definition) is 2. The van der Waals surface area contributed by atoms with E-state index >= 15 is 0 Å². The zero-order valence-electron chi connectivity index (χ0n) is 8.02. The molecule has 3 nitrogen and oxygen atoms in total. The van der Waals surface area contributed by atoms with Gasteiger partial charge in [-0.25, -0.2) is 0 Å². The van der Waals surface area contributed by atoms with Crippen LogP contribution in [0.3, 0.4) is 0 Å². The third kappa shape index (κ3) is 4.24. The molecule has 0 bridgehead atoms. The van der Waals surface area contributed by atoms with E-state index in [0.29, 0.717) is 5.75 Å². The number of benzene rings is 1. The molecule has 0 spiro atoms. The van der Waals surface area contributed by atoms with E-state index in [1.165, 1.54) is 0 Å². The van der Waals surface area contributed by atoms with E-state index in [9.17, 15) is 4.79 Å². The van der Waals surface area contributed by atoms with Crippen LogP contribution in [0, 0.1) is 0 Å². The molecule has 1 rings (SSSR count). The summed E-state index contributed by atoms with van der Waals surface area (Å²) >= 11 is 7.24. The molecule has 82 valence electrons. The van der Waals surface area contributed by atoms with Crippen molar-refractivity contribution >= 4 is 34.5 Å². The molecule has 0 fully saturated rings. The van der Waals surface area contributed by atoms with Gasteiger partial charge in [-0.1, -0.05) is 28.1 Å². The summed E-state index contributed by atoms with van der Waals surface area (Å²) < 4.78 is 5.98. The highest BCUT2D eigenvalue weighted by molar-refractivity contribution is 9.10. The minimum Gasteiger partial charge on any atom is -0.460 e. The summed E-state index contributed by atoms with van der Waals surface area (Å²) in [6.45, 7) is 0.244. The molecular weight excluding hydrogens is 278 g/mol. The first-order chi connectivity index (χ1) is 7.13. The summed E-state index contributed by atoms with van der Waals surface area (Å²) in [5.41, 5.74) is 6.37. The largest absolute Gasteiger partial charge is 0.460 e. The smallest absolute Gasteiger partial charge is 0.324 e. The Balaban J connectivity index is 2.43. The van der Waals surface area contributed by atoms with E-state index in [2.05, 4.69) is 28.6 Å². The van der Waals surface area contributed by atoms with Gasteiger partial charge in [0, 0.05) is 10.2 Å². The van der Waals surface area contributed by atoms with Crippen molar-refractivity contribution in [3.8, 4) is 0 Å². The number of thiol groups is 1. The number of carbonyl (C=O) groups excluding carboxylic acids is 1. The van der Waals surface area contributed by atoms with Gasteiger partial charge in [0.2, 0.25) is 0 Å². The van der Waals surface area contributed by atoms with Crippen LogP contribution in [0.5, 0.6) is 0 Å². The Morgan fingerprint density at radius 1 is 1.47 bits per heavy atom. The lowest BCUT2D eigenvalue weighted by Crippen LogP contribution is -2.33. The fraction of sp³-hybridized carbons (Fsp3) is 0.300. The van der Waals surface area contributed by atoms with Gasteiger partial charge in [-0.3, -0.25) is 4.79 Å². The molecule has 5 heteroatoms. The molecule has 0 aliphatic heterocycles. The van der Waals surface area contributed by atoms with E-state index in [1.54, 1.807) is 0 Å². The lowest BCUT2D eigenvalue weighted by atomic mass is 10.2. The van der Waals surface area contributed by atoms with E-state index < -0.39 is 12.0 Å². The molecule has 0 aliphatic rings. The third-order valence-corrected chi connectivity index (χ3v) is 2.72. The van der Waals surface area contributed by atoms with Crippen molar-refractivity contribution in [1.29, 1.82) is 0 Å². The van der Waals surface area contributed by atoms with Gasteiger partial charge in [-0.05, 0) is 17.7 Å². The molecule has 1 aromatic carbocycles. The van der Waals surface area contributed by atoms with Gasteiger partial charge in [0.05, 0.1) is 0 Å². The Hall–Kier alpha value is -0.520. The van der Waals surface area contributed by atoms with Gasteiger partial charge in [0.1, 0.15) is 12.6 Å². The van der Waals surface area contributed by atoms with Gasteiger partial charge in [-0.2, -0.15) is 12.6 Å². The second kappa shape index (κ2) is 6.15. The number of ether oxygens (including phenoxy) is 1. The van der Waals surface area contributed by atoms with Crippen molar-refractivity contribution in [3.63, 3.8) is 0 Å². The van der Waals surface area contributed by atoms with Crippen molar-refractivity contribution in [1.82, 2.24) is 0 Å². The van der Waals surface area contributed by atoms with Gasteiger partial charge in [0.25, 0.3) is 0 Å². The fourth-order valence-corrected chi connectivity index (χ4v) is 1.33. The van der Waals surface area contributed by atoms with Crippen LogP contribution < -0.4 is 5.73 Å². The van der Waals surface area contributed by atoms with Crippen molar-refractivity contribution < 1.29 is 9.53 Å². The quantitative estimate of drug-likeness (QED) is 0.656. The molecule has 15 heavy (non-hydrogen) atoms. The second-order valence-corrected chi connectivity index (χ2v) is 4.30. The van der Waals surface area contributed by atoms with Crippen molar-refractivity contribution in [2.45, 2.75) is 12.6 Å². The van der Waals surface area contributed by atoms with Gasteiger partial charge in [0.15, 0.2) is 0 Å². The van der Waals surface area contributed by atoms with Gasteiger partial charge >= 0.3 is 5.97 Å². The summed E-state index contributed by atoms with van der Waals surface area (Å²) in [5, 5.41) is 0. The highest BCUT2D eigenvalue weighted by Crippen LogP contribution is 2.11. The molecule has 1 atom stereocenters. The monoisotopic (exact) mass is 289 g/mol. The lowest BCUT2D eigenvalue weighted by Gasteiger charge is -2.08. The predicted molar refractivity (Wildman–Crippen MR) is 65.8 cm³/mol. The summed E-state index contributed by atoms with van der Waals surface area (Å²) in [6.07, 6.45) is 0. The summed E-state index contributed by atoms with van der Waals surface area (Å²) in [5.74, 6) is -0.132. The van der Waals surface area contributed by atoms with Crippen LogP contribution in [0.4, 0.5) is 0 Å². The van der Waals surface area contributed by atoms with Crippen molar-refractivity contribution in [3.05, 3.63) is 34.3 Å². The van der Waals surface area contributed by atoms with Crippen LogP contribution in [-0.4, -0.2) is 17.8 Å². The number of esters is 1. The maximum Gasteiger partial charge on any atom is 0.324 e. The van der Waals surface area contributed by atoms with Crippen LogP contribution in [0.1, 0.15) is 5.56 Å². The van der Waals surface area contributed by atoms with Crippen molar-refractivity contribution in [2.75, 3.05) is 5.75 Å². The lowest BCUT2D eigenvalue weighted by molar-refractivity contribution is -0.145. The van der Waals surface area contributed by atoms with E-state index in [-0.39, 0.29) is 6.61 Å². The molecule has 1 unspecified atom stereocenters. The fourth-order valence-electron chi connectivity index (χ4n) is 0.917. The van der Waals surface area contributed by atoms with E-state index in [1.807, 2.05) is 24.3 Å². The Bertz CT molecular complexity index is 329.